The molecule has 0 radical (unpaired) electrons. The lowest BCUT2D eigenvalue weighted by molar-refractivity contribution is -0.139. The van der Waals surface area contributed by atoms with Gasteiger partial charge in [-0.05, 0) is 49.2 Å². The van der Waals surface area contributed by atoms with Gasteiger partial charge in [0.25, 0.3) is 0 Å². The fourth-order valence-electron chi connectivity index (χ4n) is 3.87. The zero-order chi connectivity index (χ0) is 34.7. The number of carbonyl (C=O) groups excluding carboxylic acids is 4. The second-order valence-electron chi connectivity index (χ2n) is 11.0. The minimum atomic E-state index is -0.590. The number of esters is 2. The standard InChI is InChI=1S/C35H46N2O10/c1-25(2)31(38)44-23-17-36-33(40)46-21-7-19-42-29-13-9-27(10-14-29)35(5,6)28-11-15-30(16-12-28)43-20-8-22-47-34(41)37-18-24-45-32(39)26(3)4/h9-16H,1,3,7-8,17-24H2,2,4-6H3,(H,36,40)(H,37,41). The molecule has 0 spiro atoms. The Hall–Kier alpha value is -5.00. The number of rotatable bonds is 20. The molecule has 0 aliphatic carbocycles. The predicted molar refractivity (Wildman–Crippen MR) is 175 cm³/mol. The summed E-state index contributed by atoms with van der Waals surface area (Å²) < 4.78 is 31.5. The highest BCUT2D eigenvalue weighted by Gasteiger charge is 2.23. The van der Waals surface area contributed by atoms with E-state index in [-0.39, 0.29) is 44.9 Å². The van der Waals surface area contributed by atoms with Crippen molar-refractivity contribution in [2.45, 2.75) is 46.0 Å². The van der Waals surface area contributed by atoms with Gasteiger partial charge in [0.15, 0.2) is 0 Å². The molecule has 0 aromatic heterocycles. The minimum Gasteiger partial charge on any atom is -0.493 e. The van der Waals surface area contributed by atoms with Crippen molar-refractivity contribution in [1.82, 2.24) is 10.6 Å². The van der Waals surface area contributed by atoms with E-state index in [1.54, 1.807) is 13.8 Å². The van der Waals surface area contributed by atoms with Crippen LogP contribution in [0.15, 0.2) is 72.8 Å². The molecule has 2 aromatic rings. The molecule has 0 saturated heterocycles. The third-order valence-corrected chi connectivity index (χ3v) is 6.64. The van der Waals surface area contributed by atoms with Crippen molar-refractivity contribution in [2.24, 2.45) is 0 Å². The Labute approximate surface area is 276 Å². The highest BCUT2D eigenvalue weighted by atomic mass is 16.6. The number of hydrogen-bond acceptors (Lipinski definition) is 10. The summed E-state index contributed by atoms with van der Waals surface area (Å²) in [5.41, 5.74) is 2.54. The van der Waals surface area contributed by atoms with Gasteiger partial charge in [-0.3, -0.25) is 0 Å². The van der Waals surface area contributed by atoms with Crippen LogP contribution in [0.25, 0.3) is 0 Å². The molecule has 2 aromatic carbocycles. The SMILES string of the molecule is C=C(C)C(=O)OCCNC(=O)OCCCOc1ccc(C(C)(C)c2ccc(OCCCOC(=O)NCCOC(=O)C(=C)C)cc2)cc1. The Bertz CT molecular complexity index is 1240. The van der Waals surface area contributed by atoms with Crippen molar-refractivity contribution in [2.75, 3.05) is 52.7 Å². The molecule has 2 N–H and O–H groups in total. The molecular formula is C35H46N2O10. The van der Waals surface area contributed by atoms with E-state index >= 15 is 0 Å². The van der Waals surface area contributed by atoms with Crippen molar-refractivity contribution in [3.63, 3.8) is 0 Å². The van der Waals surface area contributed by atoms with Gasteiger partial charge in [-0.25, -0.2) is 19.2 Å². The lowest BCUT2D eigenvalue weighted by atomic mass is 9.78. The second-order valence-corrected chi connectivity index (χ2v) is 11.0. The number of ether oxygens (including phenoxy) is 6. The van der Waals surface area contributed by atoms with Crippen LogP contribution in [0, 0.1) is 0 Å². The molecule has 0 fully saturated rings. The molecule has 47 heavy (non-hydrogen) atoms. The highest BCUT2D eigenvalue weighted by Crippen LogP contribution is 2.33. The minimum absolute atomic E-state index is 0.0403. The predicted octanol–water partition coefficient (Wildman–Crippen LogP) is 5.24. The van der Waals surface area contributed by atoms with Crippen LogP contribution >= 0.6 is 0 Å². The Balaban J connectivity index is 1.64. The molecule has 0 saturated carbocycles. The van der Waals surface area contributed by atoms with E-state index < -0.39 is 24.1 Å². The largest absolute Gasteiger partial charge is 0.493 e. The lowest BCUT2D eigenvalue weighted by Gasteiger charge is -2.26. The number of amides is 2. The van der Waals surface area contributed by atoms with Crippen LogP contribution in [0.4, 0.5) is 9.59 Å². The third-order valence-electron chi connectivity index (χ3n) is 6.64. The molecule has 12 nitrogen and oxygen atoms in total. The summed E-state index contributed by atoms with van der Waals surface area (Å²) in [7, 11) is 0. The average Bonchev–Trinajstić information content (AvgIpc) is 3.04. The van der Waals surface area contributed by atoms with Gasteiger partial charge in [-0.1, -0.05) is 51.3 Å². The van der Waals surface area contributed by atoms with Crippen LogP contribution in [0.5, 0.6) is 11.5 Å². The molecule has 0 aliphatic rings. The van der Waals surface area contributed by atoms with Gasteiger partial charge in [0, 0.05) is 29.4 Å². The quantitative estimate of drug-likeness (QED) is 0.0841. The summed E-state index contributed by atoms with van der Waals surface area (Å²) in [4.78, 5) is 46.0. The maximum absolute atomic E-state index is 11.7. The van der Waals surface area contributed by atoms with Crippen LogP contribution < -0.4 is 20.1 Å². The number of alkyl carbamates (subject to hydrolysis) is 2. The molecule has 12 heteroatoms. The second kappa shape index (κ2) is 20.2. The smallest absolute Gasteiger partial charge is 0.407 e. The maximum Gasteiger partial charge on any atom is 0.407 e. The number of benzene rings is 2. The van der Waals surface area contributed by atoms with E-state index in [0.29, 0.717) is 48.7 Å². The first kappa shape index (κ1) is 38.2. The van der Waals surface area contributed by atoms with Crippen molar-refractivity contribution in [3.05, 3.63) is 84.0 Å². The topological polar surface area (TPSA) is 148 Å². The van der Waals surface area contributed by atoms with E-state index in [0.717, 1.165) is 11.1 Å². The summed E-state index contributed by atoms with van der Waals surface area (Å²) in [6.45, 7) is 15.8. The summed E-state index contributed by atoms with van der Waals surface area (Å²) in [5.74, 6) is 0.412. The Morgan fingerprint density at radius 1 is 0.574 bits per heavy atom. The molecule has 0 unspecified atom stereocenters. The first-order valence-electron chi connectivity index (χ1n) is 15.3. The van der Waals surface area contributed by atoms with Gasteiger partial charge >= 0.3 is 24.1 Å². The van der Waals surface area contributed by atoms with Gasteiger partial charge in [0.1, 0.15) is 24.7 Å². The van der Waals surface area contributed by atoms with E-state index in [2.05, 4.69) is 37.6 Å². The van der Waals surface area contributed by atoms with E-state index in [1.807, 2.05) is 48.5 Å². The van der Waals surface area contributed by atoms with Crippen LogP contribution in [-0.2, 0) is 34.0 Å². The zero-order valence-electron chi connectivity index (χ0n) is 27.7. The fraction of sp³-hybridized carbons (Fsp3) is 0.429. The highest BCUT2D eigenvalue weighted by molar-refractivity contribution is 5.87. The van der Waals surface area contributed by atoms with Crippen molar-refractivity contribution in [1.29, 1.82) is 0 Å². The molecule has 2 amide bonds. The molecule has 0 aliphatic heterocycles. The summed E-state index contributed by atoms with van der Waals surface area (Å²) in [5, 5.41) is 5.01. The van der Waals surface area contributed by atoms with Gasteiger partial charge in [-0.2, -0.15) is 0 Å². The lowest BCUT2D eigenvalue weighted by Crippen LogP contribution is -2.29. The molecule has 256 valence electrons. The Morgan fingerprint density at radius 3 is 1.28 bits per heavy atom. The fourth-order valence-corrected chi connectivity index (χ4v) is 3.87. The summed E-state index contributed by atoms with van der Waals surface area (Å²) in [6, 6.07) is 15.7. The van der Waals surface area contributed by atoms with Crippen molar-refractivity contribution < 1.29 is 47.6 Å². The molecule has 0 bridgehead atoms. The van der Waals surface area contributed by atoms with Crippen LogP contribution in [-0.4, -0.2) is 76.9 Å². The van der Waals surface area contributed by atoms with Crippen LogP contribution in [0.2, 0.25) is 0 Å². The molecule has 2 rings (SSSR count). The van der Waals surface area contributed by atoms with Crippen molar-refractivity contribution >= 4 is 24.1 Å². The summed E-state index contributed by atoms with van der Waals surface area (Å²) in [6.07, 6.45) is -0.155. The zero-order valence-corrected chi connectivity index (χ0v) is 27.7. The van der Waals surface area contributed by atoms with E-state index in [9.17, 15) is 19.2 Å². The van der Waals surface area contributed by atoms with E-state index in [4.69, 9.17) is 28.4 Å². The number of hydrogen-bond donors (Lipinski definition) is 2. The van der Waals surface area contributed by atoms with E-state index in [1.165, 1.54) is 0 Å². The monoisotopic (exact) mass is 654 g/mol. The van der Waals surface area contributed by atoms with Crippen molar-refractivity contribution in [3.8, 4) is 11.5 Å². The van der Waals surface area contributed by atoms with Gasteiger partial charge in [0.2, 0.25) is 0 Å². The molecule has 0 atom stereocenters. The van der Waals surface area contributed by atoms with Crippen LogP contribution in [0.1, 0.15) is 51.7 Å². The number of carbonyl (C=O) groups is 4. The van der Waals surface area contributed by atoms with Gasteiger partial charge < -0.3 is 39.1 Å². The Morgan fingerprint density at radius 2 is 0.936 bits per heavy atom. The average molecular weight is 655 g/mol. The summed E-state index contributed by atoms with van der Waals surface area (Å²) >= 11 is 0. The Kier molecular flexibility index (Phi) is 16.4. The van der Waals surface area contributed by atoms with Crippen LogP contribution in [0.3, 0.4) is 0 Å². The maximum atomic E-state index is 11.7. The first-order chi connectivity index (χ1) is 22.4. The first-order valence-corrected chi connectivity index (χ1v) is 15.3. The van der Waals surface area contributed by atoms with Gasteiger partial charge in [-0.15, -0.1) is 0 Å². The van der Waals surface area contributed by atoms with Gasteiger partial charge in [0.05, 0.1) is 39.5 Å². The molecule has 0 heterocycles. The number of nitrogens with one attached hydrogen (secondary N) is 2. The normalized spacial score (nSPS) is 10.6. The third kappa shape index (κ3) is 14.8. The molecular weight excluding hydrogens is 608 g/mol.